The molecular formula is C67H41N3Si. The molecule has 2 aliphatic heterocycles. The van der Waals surface area contributed by atoms with Gasteiger partial charge in [0.2, 0.25) is 0 Å². The van der Waals surface area contributed by atoms with Gasteiger partial charge in [0.25, 0.3) is 0 Å². The molecule has 13 aromatic rings. The monoisotopic (exact) mass is 915 g/mol. The Morgan fingerprint density at radius 1 is 0.296 bits per heavy atom. The molecule has 0 fully saturated rings. The first kappa shape index (κ1) is 39.7. The minimum Gasteiger partial charge on any atom is -0.308 e. The van der Waals surface area contributed by atoms with Crippen molar-refractivity contribution in [3.8, 4) is 73.1 Å². The standard InChI is InChI=1S/C67H41N3Si/c68-42-57-62(69-58-29-12-7-22-49(58)55-38-45(34-36-60(55)69)43-18-3-1-4-19-43)40-47(41-63(57)70-59-30-13-8-23-50(59)56-39-46(35-37-61(56)70)44-20-5-2-6-21-44)48-27-17-28-54-53-26-11-16-33-66(53)71(67(48)54)64-31-14-9-24-51(64)52-25-10-15-32-65(52)71/h1-41H. The van der Waals surface area contributed by atoms with E-state index in [2.05, 4.69) is 264 Å². The molecule has 0 N–H and O–H groups in total. The first-order valence-corrected chi connectivity index (χ1v) is 26.4. The molecule has 4 heterocycles. The number of nitriles is 1. The van der Waals surface area contributed by atoms with E-state index >= 15 is 0 Å². The van der Waals surface area contributed by atoms with Gasteiger partial charge in [-0.05, 0) is 125 Å². The van der Waals surface area contributed by atoms with Gasteiger partial charge in [-0.25, -0.2) is 0 Å². The zero-order valence-corrected chi connectivity index (χ0v) is 39.5. The van der Waals surface area contributed by atoms with Crippen LogP contribution in [0.3, 0.4) is 0 Å². The number of fused-ring (bicyclic) bond motifs is 16. The largest absolute Gasteiger partial charge is 0.308 e. The SMILES string of the molecule is N#Cc1c(-n2c3ccccc3c3cc(-c4ccccc4)ccc32)cc(-c2cccc3c2[Si]2(c4ccccc4-c4ccccc42)c2ccccc2-3)cc1-n1c2ccccc2c2cc(-c3ccccc3)ccc21. The van der Waals surface area contributed by atoms with Gasteiger partial charge in [-0.3, -0.25) is 0 Å². The Kier molecular flexibility index (Phi) is 8.45. The lowest BCUT2D eigenvalue weighted by atomic mass is 9.96. The van der Waals surface area contributed by atoms with Crippen LogP contribution in [0.5, 0.6) is 0 Å². The Morgan fingerprint density at radius 2 is 0.690 bits per heavy atom. The highest BCUT2D eigenvalue weighted by Crippen LogP contribution is 2.44. The number of nitrogens with zero attached hydrogens (tertiary/aromatic N) is 3. The number of benzene rings is 11. The van der Waals surface area contributed by atoms with Crippen molar-refractivity contribution >= 4 is 72.4 Å². The van der Waals surface area contributed by atoms with Crippen LogP contribution in [0.2, 0.25) is 0 Å². The van der Waals surface area contributed by atoms with Crippen molar-refractivity contribution in [3.05, 3.63) is 254 Å². The van der Waals surface area contributed by atoms with E-state index < -0.39 is 8.07 Å². The lowest BCUT2D eigenvalue weighted by Gasteiger charge is -2.30. The molecule has 0 saturated heterocycles. The number of hydrogen-bond donors (Lipinski definition) is 0. The average Bonchev–Trinajstić information content (AvgIpc) is 4.15. The highest BCUT2D eigenvalue weighted by Gasteiger charge is 2.55. The van der Waals surface area contributed by atoms with Crippen LogP contribution in [0.4, 0.5) is 0 Å². The van der Waals surface area contributed by atoms with Gasteiger partial charge in [0.1, 0.15) is 11.6 Å². The van der Waals surface area contributed by atoms with Gasteiger partial charge in [-0.2, -0.15) is 5.26 Å². The second-order valence-electron chi connectivity index (χ2n) is 19.0. The van der Waals surface area contributed by atoms with Gasteiger partial charge in [0.05, 0.1) is 33.4 Å². The molecule has 2 aromatic heterocycles. The average molecular weight is 916 g/mol. The van der Waals surface area contributed by atoms with Crippen LogP contribution < -0.4 is 20.7 Å². The van der Waals surface area contributed by atoms with E-state index in [1.165, 1.54) is 59.7 Å². The summed E-state index contributed by atoms with van der Waals surface area (Å²) in [5, 5.41) is 22.2. The molecule has 0 amide bonds. The molecule has 11 aromatic carbocycles. The summed E-state index contributed by atoms with van der Waals surface area (Å²) < 4.78 is 4.72. The molecule has 0 radical (unpaired) electrons. The molecule has 0 bridgehead atoms. The Labute approximate surface area is 412 Å². The lowest BCUT2D eigenvalue weighted by Crippen LogP contribution is -2.71. The highest BCUT2D eigenvalue weighted by molar-refractivity contribution is 7.24. The van der Waals surface area contributed by atoms with Crippen LogP contribution in [0.25, 0.3) is 111 Å². The molecule has 0 atom stereocenters. The molecule has 1 spiro atoms. The van der Waals surface area contributed by atoms with Crippen molar-refractivity contribution in [3.63, 3.8) is 0 Å². The van der Waals surface area contributed by atoms with Gasteiger partial charge < -0.3 is 9.13 Å². The Balaban J connectivity index is 1.08. The van der Waals surface area contributed by atoms with Crippen molar-refractivity contribution in [1.82, 2.24) is 9.13 Å². The third kappa shape index (κ3) is 5.47. The summed E-state index contributed by atoms with van der Waals surface area (Å²) in [4.78, 5) is 0. The maximum Gasteiger partial charge on any atom is 0.182 e. The quantitative estimate of drug-likeness (QED) is 0.158. The second-order valence-corrected chi connectivity index (χ2v) is 22.6. The second kappa shape index (κ2) is 15.1. The zero-order valence-electron chi connectivity index (χ0n) is 38.5. The topological polar surface area (TPSA) is 33.6 Å². The summed E-state index contributed by atoms with van der Waals surface area (Å²) in [6.07, 6.45) is 0. The minimum absolute atomic E-state index is 0.609. The Bertz CT molecular complexity index is 4180. The maximum absolute atomic E-state index is 11.9. The van der Waals surface area contributed by atoms with E-state index in [1.807, 2.05) is 0 Å². The van der Waals surface area contributed by atoms with Gasteiger partial charge in [-0.15, -0.1) is 0 Å². The van der Waals surface area contributed by atoms with Gasteiger partial charge in [0.15, 0.2) is 8.07 Å². The van der Waals surface area contributed by atoms with E-state index in [4.69, 9.17) is 0 Å². The number of rotatable bonds is 5. The van der Waals surface area contributed by atoms with Crippen LogP contribution in [-0.4, -0.2) is 17.2 Å². The van der Waals surface area contributed by atoms with Crippen LogP contribution in [0.1, 0.15) is 5.56 Å². The maximum atomic E-state index is 11.9. The van der Waals surface area contributed by atoms with Crippen LogP contribution in [0, 0.1) is 11.3 Å². The molecule has 3 nitrogen and oxygen atoms in total. The molecule has 71 heavy (non-hydrogen) atoms. The van der Waals surface area contributed by atoms with Crippen LogP contribution in [-0.2, 0) is 0 Å². The van der Waals surface area contributed by atoms with Crippen molar-refractivity contribution in [2.24, 2.45) is 0 Å². The first-order valence-electron chi connectivity index (χ1n) is 24.4. The predicted octanol–water partition coefficient (Wildman–Crippen LogP) is 14.1. The summed E-state index contributed by atoms with van der Waals surface area (Å²) in [6, 6.07) is 94.2. The van der Waals surface area contributed by atoms with Crippen molar-refractivity contribution in [2.75, 3.05) is 0 Å². The molecule has 328 valence electrons. The first-order chi connectivity index (χ1) is 35.2. The number of para-hydroxylation sites is 2. The van der Waals surface area contributed by atoms with E-state index in [9.17, 15) is 5.26 Å². The summed E-state index contributed by atoms with van der Waals surface area (Å²) >= 11 is 0. The molecule has 15 rings (SSSR count). The summed E-state index contributed by atoms with van der Waals surface area (Å²) in [5.74, 6) is 0. The number of hydrogen-bond acceptors (Lipinski definition) is 1. The van der Waals surface area contributed by atoms with Gasteiger partial charge in [-0.1, -0.05) is 200 Å². The highest BCUT2D eigenvalue weighted by atomic mass is 28.3. The fraction of sp³-hybridized carbons (Fsp3) is 0. The number of aromatic nitrogens is 2. The van der Waals surface area contributed by atoms with Crippen molar-refractivity contribution in [1.29, 1.82) is 5.26 Å². The predicted molar refractivity (Wildman–Crippen MR) is 298 cm³/mol. The minimum atomic E-state index is -2.90. The van der Waals surface area contributed by atoms with Crippen molar-refractivity contribution in [2.45, 2.75) is 0 Å². The fourth-order valence-corrected chi connectivity index (χ4v) is 18.6. The van der Waals surface area contributed by atoms with E-state index in [-0.39, 0.29) is 0 Å². The van der Waals surface area contributed by atoms with Gasteiger partial charge >= 0.3 is 0 Å². The summed E-state index contributed by atoms with van der Waals surface area (Å²) in [6.45, 7) is 0. The molecule has 0 saturated carbocycles. The summed E-state index contributed by atoms with van der Waals surface area (Å²) in [7, 11) is -2.90. The fourth-order valence-electron chi connectivity index (χ4n) is 12.7. The van der Waals surface area contributed by atoms with E-state index in [1.54, 1.807) is 0 Å². The van der Waals surface area contributed by atoms with E-state index in [0.29, 0.717) is 5.56 Å². The third-order valence-electron chi connectivity index (χ3n) is 15.6. The molecule has 0 unspecified atom stereocenters. The molecule has 4 heteroatoms. The normalized spacial score (nSPS) is 12.9. The Hall–Kier alpha value is -9.27. The summed E-state index contributed by atoms with van der Waals surface area (Å²) in [5.41, 5.74) is 18.7. The third-order valence-corrected chi connectivity index (χ3v) is 20.6. The Morgan fingerprint density at radius 3 is 1.18 bits per heavy atom. The zero-order chi connectivity index (χ0) is 46.8. The van der Waals surface area contributed by atoms with Crippen molar-refractivity contribution < 1.29 is 0 Å². The van der Waals surface area contributed by atoms with E-state index in [0.717, 1.165) is 71.7 Å². The van der Waals surface area contributed by atoms with Gasteiger partial charge in [0, 0.05) is 21.5 Å². The molecule has 2 aliphatic rings. The molecule has 0 aliphatic carbocycles. The van der Waals surface area contributed by atoms with Crippen LogP contribution >= 0.6 is 0 Å². The van der Waals surface area contributed by atoms with Crippen LogP contribution in [0.15, 0.2) is 249 Å². The smallest absolute Gasteiger partial charge is 0.182 e. The molecular weight excluding hydrogens is 875 g/mol. The lowest BCUT2D eigenvalue weighted by molar-refractivity contribution is 1.12.